The van der Waals surface area contributed by atoms with Gasteiger partial charge in [-0.25, -0.2) is 0 Å². The highest BCUT2D eigenvalue weighted by molar-refractivity contribution is 5.85. The van der Waals surface area contributed by atoms with E-state index < -0.39 is 0 Å². The second kappa shape index (κ2) is 9.51. The summed E-state index contributed by atoms with van der Waals surface area (Å²) >= 11 is 0. The van der Waals surface area contributed by atoms with Gasteiger partial charge in [0.15, 0.2) is 0 Å². The fourth-order valence-corrected chi connectivity index (χ4v) is 0.209. The van der Waals surface area contributed by atoms with Crippen molar-refractivity contribution in [3.63, 3.8) is 0 Å². The van der Waals surface area contributed by atoms with Crippen molar-refractivity contribution in [1.29, 1.82) is 0 Å². The average Bonchev–Trinajstić information content (AvgIpc) is 1.61. The lowest BCUT2D eigenvalue weighted by atomic mass is 10.5. The minimum absolute atomic E-state index is 0. The number of rotatable bonds is 3. The fraction of sp³-hybridized carbons (Fsp3) is 1.00. The molecule has 2 nitrogen and oxygen atoms in total. The van der Waals surface area contributed by atoms with Crippen LogP contribution in [-0.4, -0.2) is 25.4 Å². The van der Waals surface area contributed by atoms with E-state index in [1.54, 1.807) is 7.11 Å². The van der Waals surface area contributed by atoms with Crippen LogP contribution < -0.4 is 0 Å². The van der Waals surface area contributed by atoms with Crippen molar-refractivity contribution in [2.24, 2.45) is 0 Å². The Kier molecular flexibility index (Phi) is 13.9. The Morgan fingerprint density at radius 2 is 2.14 bits per heavy atom. The highest BCUT2D eigenvalue weighted by Crippen LogP contribution is 1.72. The van der Waals surface area contributed by atoms with Gasteiger partial charge in [0.05, 0.1) is 0 Å². The number of hydrogen-bond acceptors (Lipinski definition) is 2. The van der Waals surface area contributed by atoms with E-state index in [0.29, 0.717) is 6.61 Å². The molecule has 0 unspecified atom stereocenters. The number of halogens is 1. The molecule has 0 aliphatic heterocycles. The van der Waals surface area contributed by atoms with Gasteiger partial charge in [0.1, 0.15) is 0 Å². The molecule has 0 aliphatic rings. The first-order valence-corrected chi connectivity index (χ1v) is 2.01. The van der Waals surface area contributed by atoms with E-state index in [2.05, 4.69) is 4.74 Å². The van der Waals surface area contributed by atoms with Crippen LogP contribution in [0.25, 0.3) is 0 Å². The maximum atomic E-state index is 8.12. The van der Waals surface area contributed by atoms with Crippen molar-refractivity contribution >= 4 is 12.4 Å². The molecule has 0 radical (unpaired) electrons. The largest absolute Gasteiger partial charge is 0.396 e. The van der Waals surface area contributed by atoms with Gasteiger partial charge in [-0.3, -0.25) is 0 Å². The van der Waals surface area contributed by atoms with E-state index >= 15 is 0 Å². The minimum Gasteiger partial charge on any atom is -0.396 e. The summed E-state index contributed by atoms with van der Waals surface area (Å²) in [6, 6.07) is 0. The predicted molar refractivity (Wildman–Crippen MR) is 30.8 cm³/mol. The molecule has 0 atom stereocenters. The minimum atomic E-state index is 0. The summed E-state index contributed by atoms with van der Waals surface area (Å²) in [5, 5.41) is 8.12. The third-order valence-corrected chi connectivity index (χ3v) is 0.507. The summed E-state index contributed by atoms with van der Waals surface area (Å²) in [5.74, 6) is 0. The molecule has 0 aromatic heterocycles. The lowest BCUT2D eigenvalue weighted by Gasteiger charge is -1.89. The van der Waals surface area contributed by atoms with Crippen LogP contribution in [0.15, 0.2) is 0 Å². The van der Waals surface area contributed by atoms with Crippen LogP contribution in [0, 0.1) is 0 Å². The Morgan fingerprint density at radius 3 is 2.29 bits per heavy atom. The molecule has 0 rings (SSSR count). The van der Waals surface area contributed by atoms with Crippen LogP contribution in [0.5, 0.6) is 0 Å². The molecular weight excluding hydrogens is 115 g/mol. The second-order valence-corrected chi connectivity index (χ2v) is 1.07. The van der Waals surface area contributed by atoms with Crippen molar-refractivity contribution < 1.29 is 9.84 Å². The zero-order chi connectivity index (χ0) is 4.83. The monoisotopic (exact) mass is 126 g/mol. The average molecular weight is 127 g/mol. The van der Waals surface area contributed by atoms with E-state index in [1.165, 1.54) is 0 Å². The number of aliphatic hydroxyl groups excluding tert-OH is 1. The van der Waals surface area contributed by atoms with Gasteiger partial charge < -0.3 is 9.84 Å². The van der Waals surface area contributed by atoms with Gasteiger partial charge in [0, 0.05) is 20.3 Å². The Balaban J connectivity index is 0. The molecule has 0 bridgehead atoms. The molecule has 3 heteroatoms. The highest BCUT2D eigenvalue weighted by Gasteiger charge is 1.75. The molecule has 1 N–H and O–H groups in total. The third-order valence-electron chi connectivity index (χ3n) is 0.507. The van der Waals surface area contributed by atoms with E-state index in [9.17, 15) is 0 Å². The van der Waals surface area contributed by atoms with Gasteiger partial charge in [-0.2, -0.15) is 0 Å². The van der Waals surface area contributed by atoms with Crippen molar-refractivity contribution in [2.45, 2.75) is 6.42 Å². The number of aliphatic hydroxyl groups is 1. The fourth-order valence-electron chi connectivity index (χ4n) is 0.209. The van der Waals surface area contributed by atoms with Crippen molar-refractivity contribution in [2.75, 3.05) is 20.3 Å². The lowest BCUT2D eigenvalue weighted by Crippen LogP contribution is -1.90. The summed E-state index contributed by atoms with van der Waals surface area (Å²) in [4.78, 5) is 0. The zero-order valence-electron chi connectivity index (χ0n) is 4.39. The van der Waals surface area contributed by atoms with Crippen LogP contribution >= 0.6 is 12.4 Å². The Bertz CT molecular complexity index is 21.7. The lowest BCUT2D eigenvalue weighted by molar-refractivity contribution is 0.166. The first kappa shape index (κ1) is 10.2. The summed E-state index contributed by atoms with van der Waals surface area (Å²) in [5.41, 5.74) is 0. The van der Waals surface area contributed by atoms with Crippen LogP contribution in [0.1, 0.15) is 6.42 Å². The molecule has 0 saturated carbocycles. The predicted octanol–water partition coefficient (Wildman–Crippen LogP) is 0.437. The highest BCUT2D eigenvalue weighted by atomic mass is 35.5. The molecule has 46 valence electrons. The van der Waals surface area contributed by atoms with E-state index in [1.807, 2.05) is 0 Å². The maximum absolute atomic E-state index is 8.12. The van der Waals surface area contributed by atoms with Crippen LogP contribution in [0.3, 0.4) is 0 Å². The molecule has 0 fully saturated rings. The summed E-state index contributed by atoms with van der Waals surface area (Å²) < 4.78 is 4.62. The SMILES string of the molecule is COCCCO.Cl. The molecule has 0 aliphatic carbocycles. The molecular formula is C4H11ClO2. The summed E-state index contributed by atoms with van der Waals surface area (Å²) in [6.45, 7) is 0.893. The molecule has 0 heterocycles. The molecule has 0 amide bonds. The van der Waals surface area contributed by atoms with Crippen LogP contribution in [0.4, 0.5) is 0 Å². The maximum Gasteiger partial charge on any atom is 0.0484 e. The Labute approximate surface area is 49.9 Å². The Morgan fingerprint density at radius 1 is 1.57 bits per heavy atom. The van der Waals surface area contributed by atoms with Gasteiger partial charge in [0.2, 0.25) is 0 Å². The topological polar surface area (TPSA) is 29.5 Å². The standard InChI is InChI=1S/C4H10O2.ClH/c1-6-4-2-3-5;/h5H,2-4H2,1H3;1H. The smallest absolute Gasteiger partial charge is 0.0484 e. The first-order valence-electron chi connectivity index (χ1n) is 2.01. The number of hydrogen-bond donors (Lipinski definition) is 1. The molecule has 7 heavy (non-hydrogen) atoms. The number of ether oxygens (including phenoxy) is 1. The van der Waals surface area contributed by atoms with E-state index in [4.69, 9.17) is 5.11 Å². The van der Waals surface area contributed by atoms with Crippen LogP contribution in [-0.2, 0) is 4.74 Å². The summed E-state index contributed by atoms with van der Waals surface area (Å²) in [6.07, 6.45) is 0.747. The van der Waals surface area contributed by atoms with Crippen LogP contribution in [0.2, 0.25) is 0 Å². The van der Waals surface area contributed by atoms with E-state index in [0.717, 1.165) is 6.42 Å². The van der Waals surface area contributed by atoms with Gasteiger partial charge in [-0.05, 0) is 6.42 Å². The van der Waals surface area contributed by atoms with Crippen molar-refractivity contribution in [1.82, 2.24) is 0 Å². The molecule has 0 aromatic rings. The molecule has 0 spiro atoms. The quantitative estimate of drug-likeness (QED) is 0.556. The second-order valence-electron chi connectivity index (χ2n) is 1.07. The van der Waals surface area contributed by atoms with Gasteiger partial charge >= 0.3 is 0 Å². The summed E-state index contributed by atoms with van der Waals surface area (Å²) in [7, 11) is 1.62. The van der Waals surface area contributed by atoms with Gasteiger partial charge in [-0.15, -0.1) is 12.4 Å². The van der Waals surface area contributed by atoms with Crippen molar-refractivity contribution in [3.8, 4) is 0 Å². The van der Waals surface area contributed by atoms with Crippen molar-refractivity contribution in [3.05, 3.63) is 0 Å². The molecule has 0 aromatic carbocycles. The van der Waals surface area contributed by atoms with E-state index in [-0.39, 0.29) is 19.0 Å². The van der Waals surface area contributed by atoms with Gasteiger partial charge in [0.25, 0.3) is 0 Å². The molecule has 0 saturated heterocycles. The first-order chi connectivity index (χ1) is 2.91. The number of methoxy groups -OCH3 is 1. The van der Waals surface area contributed by atoms with Gasteiger partial charge in [-0.1, -0.05) is 0 Å². The Hall–Kier alpha value is 0.210. The third kappa shape index (κ3) is 10.7. The zero-order valence-corrected chi connectivity index (χ0v) is 5.20. The normalized spacial score (nSPS) is 7.71.